The lowest BCUT2D eigenvalue weighted by atomic mass is 10.1. The molecule has 0 bridgehead atoms. The minimum Gasteiger partial charge on any atom is -0.447 e. The Morgan fingerprint density at radius 2 is 1.76 bits per heavy atom. The van der Waals surface area contributed by atoms with E-state index >= 15 is 0 Å². The Labute approximate surface area is 170 Å². The van der Waals surface area contributed by atoms with E-state index in [0.29, 0.717) is 30.1 Å². The zero-order valence-corrected chi connectivity index (χ0v) is 16.1. The predicted molar refractivity (Wildman–Crippen MR) is 108 cm³/mol. The van der Waals surface area contributed by atoms with Gasteiger partial charge < -0.3 is 10.1 Å². The smallest absolute Gasteiger partial charge is 0.414 e. The molecule has 2 fully saturated rings. The maximum absolute atomic E-state index is 12.4. The molecule has 2 heterocycles. The number of carbonyl (C=O) groups excluding carboxylic acids is 4. The summed E-state index contributed by atoms with van der Waals surface area (Å²) in [5.74, 6) is -0.289. The number of nitrogens with zero attached hydrogens (tertiary/aromatic N) is 2. The molecule has 2 saturated heterocycles. The van der Waals surface area contributed by atoms with E-state index in [1.807, 2.05) is 0 Å². The molecule has 0 unspecified atom stereocenters. The molecule has 2 aliphatic rings. The number of benzene rings is 2. The predicted octanol–water partition coefficient (Wildman–Crippen LogP) is 3.09. The van der Waals surface area contributed by atoms with Gasteiger partial charge in [0.1, 0.15) is 6.61 Å². The zero-order valence-electron chi connectivity index (χ0n) is 15.3. The van der Waals surface area contributed by atoms with Crippen LogP contribution >= 0.6 is 11.8 Å². The lowest BCUT2D eigenvalue weighted by molar-refractivity contribution is -0.125. The number of carbonyl (C=O) groups is 4. The van der Waals surface area contributed by atoms with Crippen LogP contribution in [0, 0.1) is 0 Å². The molecular weight excluding hydrogens is 394 g/mol. The number of rotatable bonds is 5. The van der Waals surface area contributed by atoms with Crippen molar-refractivity contribution in [3.8, 4) is 0 Å². The van der Waals surface area contributed by atoms with Gasteiger partial charge in [-0.1, -0.05) is 23.9 Å². The third kappa shape index (κ3) is 4.09. The summed E-state index contributed by atoms with van der Waals surface area (Å²) in [6.07, 6.45) is -0.391. The summed E-state index contributed by atoms with van der Waals surface area (Å²) in [4.78, 5) is 50.1. The highest BCUT2D eigenvalue weighted by Gasteiger charge is 2.29. The van der Waals surface area contributed by atoms with Gasteiger partial charge >= 0.3 is 6.09 Å². The lowest BCUT2D eigenvalue weighted by Crippen LogP contribution is -2.27. The van der Waals surface area contributed by atoms with Crippen LogP contribution in [-0.2, 0) is 16.1 Å². The fraction of sp³-hybridized carbons (Fsp3) is 0.200. The molecule has 4 rings (SSSR count). The minimum atomic E-state index is -0.391. The van der Waals surface area contributed by atoms with Crippen molar-refractivity contribution in [2.45, 2.75) is 6.54 Å². The maximum Gasteiger partial charge on any atom is 0.414 e. The van der Waals surface area contributed by atoms with Crippen molar-refractivity contribution >= 4 is 46.3 Å². The summed E-state index contributed by atoms with van der Waals surface area (Å²) in [5, 5.41) is 2.56. The number of hydrogen-bond donors (Lipinski definition) is 1. The van der Waals surface area contributed by atoms with Crippen LogP contribution < -0.4 is 10.2 Å². The van der Waals surface area contributed by atoms with Gasteiger partial charge in [0.15, 0.2) is 0 Å². The summed E-state index contributed by atoms with van der Waals surface area (Å²) in [6, 6.07) is 13.7. The van der Waals surface area contributed by atoms with E-state index in [9.17, 15) is 19.2 Å². The van der Waals surface area contributed by atoms with E-state index in [4.69, 9.17) is 4.74 Å². The van der Waals surface area contributed by atoms with Gasteiger partial charge in [0.2, 0.25) is 5.91 Å². The molecule has 0 aliphatic carbocycles. The van der Waals surface area contributed by atoms with Crippen LogP contribution in [0.3, 0.4) is 0 Å². The van der Waals surface area contributed by atoms with Gasteiger partial charge in [0.25, 0.3) is 11.1 Å². The second kappa shape index (κ2) is 7.96. The monoisotopic (exact) mass is 411 g/mol. The summed E-state index contributed by atoms with van der Waals surface area (Å²) in [7, 11) is 0. The third-order valence-electron chi connectivity index (χ3n) is 4.60. The first-order chi connectivity index (χ1) is 14.0. The molecule has 2 aromatic rings. The molecule has 29 heavy (non-hydrogen) atoms. The molecule has 0 saturated carbocycles. The van der Waals surface area contributed by atoms with Crippen molar-refractivity contribution in [3.05, 3.63) is 59.7 Å². The molecule has 0 spiro atoms. The Balaban J connectivity index is 1.37. The largest absolute Gasteiger partial charge is 0.447 e. The fourth-order valence-electron chi connectivity index (χ4n) is 3.03. The van der Waals surface area contributed by atoms with Crippen LogP contribution in [0.15, 0.2) is 48.5 Å². The second-order valence-corrected chi connectivity index (χ2v) is 7.42. The fourth-order valence-corrected chi connectivity index (χ4v) is 3.76. The van der Waals surface area contributed by atoms with Crippen LogP contribution in [0.2, 0.25) is 0 Å². The van der Waals surface area contributed by atoms with E-state index in [-0.39, 0.29) is 29.4 Å². The molecule has 4 amide bonds. The minimum absolute atomic E-state index is 0.185. The highest BCUT2D eigenvalue weighted by Crippen LogP contribution is 2.22. The first-order valence-electron chi connectivity index (χ1n) is 8.93. The van der Waals surface area contributed by atoms with Gasteiger partial charge in [-0.05, 0) is 42.0 Å². The number of anilines is 2. The van der Waals surface area contributed by atoms with Crippen LogP contribution in [0.25, 0.3) is 0 Å². The molecule has 0 radical (unpaired) electrons. The molecule has 2 aromatic carbocycles. The van der Waals surface area contributed by atoms with E-state index in [2.05, 4.69) is 5.32 Å². The number of ether oxygens (including phenoxy) is 1. The molecule has 2 aliphatic heterocycles. The van der Waals surface area contributed by atoms with Crippen molar-refractivity contribution < 1.29 is 23.9 Å². The van der Waals surface area contributed by atoms with E-state index in [1.54, 1.807) is 48.5 Å². The van der Waals surface area contributed by atoms with Crippen molar-refractivity contribution in [1.29, 1.82) is 0 Å². The van der Waals surface area contributed by atoms with Crippen LogP contribution in [0.4, 0.5) is 21.0 Å². The molecule has 0 aromatic heterocycles. The average Bonchev–Trinajstić information content (AvgIpc) is 3.29. The van der Waals surface area contributed by atoms with Crippen molar-refractivity contribution in [3.63, 3.8) is 0 Å². The van der Waals surface area contributed by atoms with Gasteiger partial charge in [-0.3, -0.25) is 24.2 Å². The number of cyclic esters (lactones) is 1. The Morgan fingerprint density at radius 3 is 2.34 bits per heavy atom. The average molecular weight is 411 g/mol. The Bertz CT molecular complexity index is 959. The standard InChI is InChI=1S/C20H17N3O5S/c24-17-12-29-20(27)23(17)11-13-1-5-15(6-2-13)21-18(25)14-3-7-16(8-4-14)22-9-10-28-19(22)26/h1-8H,9-12H2,(H,21,25). The number of imide groups is 1. The van der Waals surface area contributed by atoms with Crippen LogP contribution in [0.5, 0.6) is 0 Å². The Morgan fingerprint density at radius 1 is 1.03 bits per heavy atom. The number of nitrogens with one attached hydrogen (secondary N) is 1. The number of amides is 4. The van der Waals surface area contributed by atoms with E-state index < -0.39 is 6.09 Å². The van der Waals surface area contributed by atoms with Gasteiger partial charge in [-0.25, -0.2) is 4.79 Å². The van der Waals surface area contributed by atoms with Gasteiger partial charge in [0.05, 0.1) is 18.8 Å². The Kier molecular flexibility index (Phi) is 5.22. The first-order valence-corrected chi connectivity index (χ1v) is 9.91. The van der Waals surface area contributed by atoms with Crippen LogP contribution in [-0.4, -0.2) is 47.0 Å². The topological polar surface area (TPSA) is 96.0 Å². The highest BCUT2D eigenvalue weighted by molar-refractivity contribution is 8.14. The van der Waals surface area contributed by atoms with Gasteiger partial charge in [-0.15, -0.1) is 0 Å². The Hall–Kier alpha value is -3.33. The molecule has 8 nitrogen and oxygen atoms in total. The molecule has 1 N–H and O–H groups in total. The lowest BCUT2D eigenvalue weighted by Gasteiger charge is -2.14. The molecular formula is C20H17N3O5S. The summed E-state index contributed by atoms with van der Waals surface area (Å²) >= 11 is 1.00. The summed E-state index contributed by atoms with van der Waals surface area (Å²) < 4.78 is 4.91. The van der Waals surface area contributed by atoms with E-state index in [1.165, 1.54) is 9.80 Å². The molecule has 148 valence electrons. The highest BCUT2D eigenvalue weighted by atomic mass is 32.2. The summed E-state index contributed by atoms with van der Waals surface area (Å²) in [6.45, 7) is 1.07. The van der Waals surface area contributed by atoms with Crippen molar-refractivity contribution in [2.24, 2.45) is 0 Å². The number of thioether (sulfide) groups is 1. The zero-order chi connectivity index (χ0) is 20.4. The first kappa shape index (κ1) is 19.0. The van der Waals surface area contributed by atoms with Crippen molar-refractivity contribution in [2.75, 3.05) is 29.1 Å². The van der Waals surface area contributed by atoms with Crippen LogP contribution in [0.1, 0.15) is 15.9 Å². The quantitative estimate of drug-likeness (QED) is 0.812. The van der Waals surface area contributed by atoms with Crippen molar-refractivity contribution in [1.82, 2.24) is 4.90 Å². The summed E-state index contributed by atoms with van der Waals surface area (Å²) in [5.41, 5.74) is 2.53. The van der Waals surface area contributed by atoms with Gasteiger partial charge in [-0.2, -0.15) is 0 Å². The second-order valence-electron chi connectivity index (χ2n) is 6.50. The normalized spacial score (nSPS) is 16.3. The molecule has 0 atom stereocenters. The molecule has 9 heteroatoms. The maximum atomic E-state index is 12.4. The van der Waals surface area contributed by atoms with E-state index in [0.717, 1.165) is 17.3 Å². The van der Waals surface area contributed by atoms with Gasteiger partial charge in [0, 0.05) is 16.9 Å². The third-order valence-corrected chi connectivity index (χ3v) is 5.45. The SMILES string of the molecule is O=C(Nc1ccc(CN2C(=O)CSC2=O)cc1)c1ccc(N2CCOC2=O)cc1. The number of hydrogen-bond acceptors (Lipinski definition) is 6.